The lowest BCUT2D eigenvalue weighted by Crippen LogP contribution is -2.72. The molecular weight excluding hydrogens is 290 g/mol. The molecule has 0 spiro atoms. The van der Waals surface area contributed by atoms with Crippen LogP contribution in [0, 0.1) is 5.41 Å². The van der Waals surface area contributed by atoms with E-state index in [1.54, 1.807) is 0 Å². The Hall–Kier alpha value is -1.91. The van der Waals surface area contributed by atoms with Crippen LogP contribution in [0.25, 0.3) is 0 Å². The van der Waals surface area contributed by atoms with Crippen LogP contribution >= 0.6 is 0 Å². The Morgan fingerprint density at radius 1 is 1.22 bits per heavy atom. The molecule has 0 aliphatic carbocycles. The van der Waals surface area contributed by atoms with Gasteiger partial charge in [0, 0.05) is 31.1 Å². The van der Waals surface area contributed by atoms with Crippen molar-refractivity contribution < 1.29 is 9.47 Å². The normalized spacial score (nSPS) is 21.1. The minimum absolute atomic E-state index is 0.119. The van der Waals surface area contributed by atoms with E-state index in [0.29, 0.717) is 12.2 Å². The van der Waals surface area contributed by atoms with Gasteiger partial charge in [0.25, 0.3) is 0 Å². The van der Waals surface area contributed by atoms with Crippen LogP contribution in [0.3, 0.4) is 0 Å². The predicted molar refractivity (Wildman–Crippen MR) is 92.2 cm³/mol. The van der Waals surface area contributed by atoms with Gasteiger partial charge in [-0.15, -0.1) is 0 Å². The van der Waals surface area contributed by atoms with Gasteiger partial charge in [0.05, 0.1) is 0 Å². The lowest BCUT2D eigenvalue weighted by Gasteiger charge is -2.62. The van der Waals surface area contributed by atoms with Crippen molar-refractivity contribution in [2.45, 2.75) is 39.7 Å². The molecule has 2 aliphatic heterocycles. The minimum atomic E-state index is 0.119. The average Bonchev–Trinajstić information content (AvgIpc) is 2.97. The van der Waals surface area contributed by atoms with Gasteiger partial charge in [0.2, 0.25) is 6.79 Å². The van der Waals surface area contributed by atoms with Gasteiger partial charge in [-0.2, -0.15) is 0 Å². The molecule has 5 nitrogen and oxygen atoms in total. The Balaban J connectivity index is 1.56. The van der Waals surface area contributed by atoms with Crippen molar-refractivity contribution in [3.63, 3.8) is 0 Å². The number of ether oxygens (including phenoxy) is 2. The molecule has 2 heterocycles. The Kier molecular flexibility index (Phi) is 3.90. The van der Waals surface area contributed by atoms with E-state index in [1.165, 1.54) is 5.56 Å². The summed E-state index contributed by atoms with van der Waals surface area (Å²) in [4.78, 5) is 6.80. The molecule has 3 rings (SSSR count). The van der Waals surface area contributed by atoms with Gasteiger partial charge in [-0.1, -0.05) is 19.9 Å². The van der Waals surface area contributed by atoms with Crippen molar-refractivity contribution in [1.29, 1.82) is 0 Å². The van der Waals surface area contributed by atoms with Crippen LogP contribution < -0.4 is 14.8 Å². The molecule has 1 N–H and O–H groups in total. The van der Waals surface area contributed by atoms with Crippen LogP contribution in [0.1, 0.15) is 33.3 Å². The summed E-state index contributed by atoms with van der Waals surface area (Å²) in [5, 5.41) is 3.48. The van der Waals surface area contributed by atoms with Crippen molar-refractivity contribution in [3.05, 3.63) is 23.8 Å². The van der Waals surface area contributed by atoms with Crippen molar-refractivity contribution in [2.24, 2.45) is 10.4 Å². The smallest absolute Gasteiger partial charge is 0.231 e. The zero-order valence-corrected chi connectivity index (χ0v) is 14.8. The van der Waals surface area contributed by atoms with E-state index in [9.17, 15) is 0 Å². The molecule has 0 radical (unpaired) electrons. The summed E-state index contributed by atoms with van der Waals surface area (Å²) in [7, 11) is 1.85. The van der Waals surface area contributed by atoms with Crippen molar-refractivity contribution >= 4 is 5.96 Å². The number of guanidine groups is 1. The maximum Gasteiger partial charge on any atom is 0.231 e. The maximum absolute atomic E-state index is 5.43. The van der Waals surface area contributed by atoms with Crippen LogP contribution in [0.4, 0.5) is 0 Å². The highest BCUT2D eigenvalue weighted by Gasteiger charge is 2.53. The number of hydrogen-bond acceptors (Lipinski definition) is 3. The highest BCUT2D eigenvalue weighted by atomic mass is 16.7. The highest BCUT2D eigenvalue weighted by Crippen LogP contribution is 2.46. The Labute approximate surface area is 138 Å². The molecule has 0 bridgehead atoms. The first-order chi connectivity index (χ1) is 10.8. The Morgan fingerprint density at radius 3 is 2.61 bits per heavy atom. The SMILES string of the molecule is CN=C(NCCc1ccc2c(c1)OCO2)N1CC(C)(C)C1(C)C. The number of fused-ring (bicyclic) bond motifs is 1. The summed E-state index contributed by atoms with van der Waals surface area (Å²) < 4.78 is 10.8. The molecule has 126 valence electrons. The Morgan fingerprint density at radius 2 is 1.96 bits per heavy atom. The van der Waals surface area contributed by atoms with E-state index in [-0.39, 0.29) is 5.54 Å². The first-order valence-corrected chi connectivity index (χ1v) is 8.22. The first kappa shape index (κ1) is 16.0. The van der Waals surface area contributed by atoms with Gasteiger partial charge in [-0.05, 0) is 38.0 Å². The minimum Gasteiger partial charge on any atom is -0.454 e. The fourth-order valence-electron chi connectivity index (χ4n) is 3.11. The molecule has 0 unspecified atom stereocenters. The van der Waals surface area contributed by atoms with Crippen molar-refractivity contribution in [2.75, 3.05) is 26.9 Å². The second kappa shape index (κ2) is 5.62. The fraction of sp³-hybridized carbons (Fsp3) is 0.611. The quantitative estimate of drug-likeness (QED) is 0.688. The monoisotopic (exact) mass is 317 g/mol. The molecule has 1 aromatic rings. The maximum atomic E-state index is 5.43. The fourth-order valence-corrected chi connectivity index (χ4v) is 3.11. The van der Waals surface area contributed by atoms with Gasteiger partial charge in [0.1, 0.15) is 0 Å². The summed E-state index contributed by atoms with van der Waals surface area (Å²) in [6, 6.07) is 6.13. The third-order valence-corrected chi connectivity index (χ3v) is 5.49. The summed E-state index contributed by atoms with van der Waals surface area (Å²) in [5.74, 6) is 2.66. The lowest BCUT2D eigenvalue weighted by molar-refractivity contribution is -0.0666. The molecule has 0 atom stereocenters. The zero-order chi connectivity index (χ0) is 16.7. The summed E-state index contributed by atoms with van der Waals surface area (Å²) in [6.45, 7) is 11.4. The molecule has 5 heteroatoms. The highest BCUT2D eigenvalue weighted by molar-refractivity contribution is 5.82. The Bertz CT molecular complexity index is 623. The molecule has 0 saturated carbocycles. The predicted octanol–water partition coefficient (Wildman–Crippen LogP) is 2.65. The van der Waals surface area contributed by atoms with Crippen molar-refractivity contribution in [1.82, 2.24) is 10.2 Å². The summed E-state index contributed by atoms with van der Waals surface area (Å²) >= 11 is 0. The topological polar surface area (TPSA) is 46.1 Å². The lowest BCUT2D eigenvalue weighted by atomic mass is 9.65. The van der Waals surface area contributed by atoms with Crippen LogP contribution in [0.15, 0.2) is 23.2 Å². The molecule has 23 heavy (non-hydrogen) atoms. The molecule has 2 aliphatic rings. The number of likely N-dealkylation sites (tertiary alicyclic amines) is 1. The zero-order valence-electron chi connectivity index (χ0n) is 14.8. The van der Waals surface area contributed by atoms with Gasteiger partial charge >= 0.3 is 0 Å². The van der Waals surface area contributed by atoms with Crippen LogP contribution in [-0.2, 0) is 6.42 Å². The summed E-state index contributed by atoms with van der Waals surface area (Å²) in [6.07, 6.45) is 0.924. The van der Waals surface area contributed by atoms with E-state index < -0.39 is 0 Å². The van der Waals surface area contributed by atoms with E-state index in [2.05, 4.69) is 55.0 Å². The van der Waals surface area contributed by atoms with Crippen LogP contribution in [-0.4, -0.2) is 43.3 Å². The van der Waals surface area contributed by atoms with Gasteiger partial charge in [0.15, 0.2) is 17.5 Å². The van der Waals surface area contributed by atoms with E-state index in [4.69, 9.17) is 9.47 Å². The third-order valence-electron chi connectivity index (χ3n) is 5.49. The number of aliphatic imine (C=N–C) groups is 1. The van der Waals surface area contributed by atoms with E-state index in [0.717, 1.165) is 37.0 Å². The molecule has 1 aromatic carbocycles. The first-order valence-electron chi connectivity index (χ1n) is 8.22. The van der Waals surface area contributed by atoms with E-state index >= 15 is 0 Å². The largest absolute Gasteiger partial charge is 0.454 e. The van der Waals surface area contributed by atoms with Crippen LogP contribution in [0.2, 0.25) is 0 Å². The van der Waals surface area contributed by atoms with Crippen molar-refractivity contribution in [3.8, 4) is 11.5 Å². The summed E-state index contributed by atoms with van der Waals surface area (Å²) in [5.41, 5.74) is 1.66. The van der Waals surface area contributed by atoms with Crippen LogP contribution in [0.5, 0.6) is 11.5 Å². The number of benzene rings is 1. The number of hydrogen-bond donors (Lipinski definition) is 1. The third kappa shape index (κ3) is 2.73. The molecule has 0 aromatic heterocycles. The molecule has 1 fully saturated rings. The van der Waals surface area contributed by atoms with Gasteiger partial charge < -0.3 is 19.7 Å². The second-order valence-electron chi connectivity index (χ2n) is 7.44. The number of nitrogens with zero attached hydrogens (tertiary/aromatic N) is 2. The van der Waals surface area contributed by atoms with Gasteiger partial charge in [-0.3, -0.25) is 4.99 Å². The number of rotatable bonds is 3. The average molecular weight is 317 g/mol. The van der Waals surface area contributed by atoms with Gasteiger partial charge in [-0.25, -0.2) is 0 Å². The number of nitrogens with one attached hydrogen (secondary N) is 1. The molecule has 0 amide bonds. The molecule has 1 saturated heterocycles. The second-order valence-corrected chi connectivity index (χ2v) is 7.44. The molecular formula is C18H27N3O2. The standard InChI is InChI=1S/C18H27N3O2/c1-17(2)11-21(18(17,3)4)16(19-5)20-9-8-13-6-7-14-15(10-13)23-12-22-14/h6-7,10H,8-9,11-12H2,1-5H3,(H,19,20). The van der Waals surface area contributed by atoms with E-state index in [1.807, 2.05) is 13.1 Å².